The second kappa shape index (κ2) is 6.14. The molecule has 0 amide bonds. The summed E-state index contributed by atoms with van der Waals surface area (Å²) in [7, 11) is 0. The molecular formula is C16H19FN4OS. The van der Waals surface area contributed by atoms with Crippen molar-refractivity contribution in [3.05, 3.63) is 40.6 Å². The summed E-state index contributed by atoms with van der Waals surface area (Å²) >= 11 is 1.80. The molecule has 5 nitrogen and oxygen atoms in total. The molecule has 0 aromatic carbocycles. The Balaban J connectivity index is 1.33. The van der Waals surface area contributed by atoms with Crippen LogP contribution in [-0.4, -0.2) is 46.2 Å². The fourth-order valence-electron chi connectivity index (χ4n) is 3.48. The average molecular weight is 334 g/mol. The van der Waals surface area contributed by atoms with Gasteiger partial charge in [0.1, 0.15) is 0 Å². The van der Waals surface area contributed by atoms with Crippen LogP contribution in [0.2, 0.25) is 0 Å². The van der Waals surface area contributed by atoms with Gasteiger partial charge in [0.25, 0.3) is 0 Å². The number of hydrogen-bond acceptors (Lipinski definition) is 6. The van der Waals surface area contributed by atoms with Crippen molar-refractivity contribution in [2.45, 2.75) is 31.0 Å². The van der Waals surface area contributed by atoms with E-state index in [4.69, 9.17) is 4.74 Å². The van der Waals surface area contributed by atoms with Crippen LogP contribution in [0.4, 0.5) is 10.3 Å². The minimum atomic E-state index is -0.422. The topological polar surface area (TPSA) is 50.3 Å². The van der Waals surface area contributed by atoms with E-state index in [1.165, 1.54) is 17.3 Å². The summed E-state index contributed by atoms with van der Waals surface area (Å²) < 4.78 is 19.0. The summed E-state index contributed by atoms with van der Waals surface area (Å²) in [5.41, 5.74) is -0.0606. The van der Waals surface area contributed by atoms with Crippen LogP contribution < -0.4 is 5.32 Å². The van der Waals surface area contributed by atoms with Gasteiger partial charge in [0, 0.05) is 30.9 Å². The van der Waals surface area contributed by atoms with E-state index in [2.05, 4.69) is 37.7 Å². The first-order valence-corrected chi connectivity index (χ1v) is 8.72. The molecule has 0 aliphatic carbocycles. The molecule has 4 heterocycles. The van der Waals surface area contributed by atoms with Gasteiger partial charge in [-0.15, -0.1) is 11.3 Å². The van der Waals surface area contributed by atoms with Crippen LogP contribution in [0.25, 0.3) is 0 Å². The van der Waals surface area contributed by atoms with Gasteiger partial charge in [-0.3, -0.25) is 4.90 Å². The van der Waals surface area contributed by atoms with Crippen molar-refractivity contribution >= 4 is 17.3 Å². The smallest absolute Gasteiger partial charge is 0.223 e. The van der Waals surface area contributed by atoms with Crippen LogP contribution in [-0.2, 0) is 11.3 Å². The summed E-state index contributed by atoms with van der Waals surface area (Å²) in [6.45, 7) is 3.68. The van der Waals surface area contributed by atoms with E-state index >= 15 is 0 Å². The molecule has 1 N–H and O–H groups in total. The molecule has 0 bridgehead atoms. The van der Waals surface area contributed by atoms with Crippen molar-refractivity contribution in [3.8, 4) is 0 Å². The maximum Gasteiger partial charge on any atom is 0.223 e. The Hall–Kier alpha value is -1.57. The molecule has 2 atom stereocenters. The van der Waals surface area contributed by atoms with Gasteiger partial charge in [-0.2, -0.15) is 0 Å². The summed E-state index contributed by atoms with van der Waals surface area (Å²) in [5.74, 6) is 0.0418. The zero-order chi connectivity index (χ0) is 15.7. The van der Waals surface area contributed by atoms with E-state index in [1.807, 2.05) is 0 Å². The molecule has 2 aromatic heterocycles. The lowest BCUT2D eigenvalue weighted by Gasteiger charge is -2.23. The lowest BCUT2D eigenvalue weighted by Crippen LogP contribution is -2.33. The summed E-state index contributed by atoms with van der Waals surface area (Å²) in [5, 5.41) is 5.37. The molecule has 4 rings (SSSR count). The second-order valence-electron chi connectivity index (χ2n) is 6.30. The number of nitrogens with one attached hydrogen (secondary N) is 1. The molecule has 2 aliphatic rings. The van der Waals surface area contributed by atoms with Crippen molar-refractivity contribution in [3.63, 3.8) is 0 Å². The minimum Gasteiger partial charge on any atom is -0.371 e. The van der Waals surface area contributed by atoms with Crippen LogP contribution in [0.5, 0.6) is 0 Å². The van der Waals surface area contributed by atoms with Gasteiger partial charge in [-0.1, -0.05) is 6.07 Å². The van der Waals surface area contributed by atoms with E-state index in [-0.39, 0.29) is 11.6 Å². The van der Waals surface area contributed by atoms with E-state index in [0.717, 1.165) is 32.5 Å². The fourth-order valence-corrected chi connectivity index (χ4v) is 4.22. The first-order valence-electron chi connectivity index (χ1n) is 7.84. The number of hydrogen-bond donors (Lipinski definition) is 1. The monoisotopic (exact) mass is 334 g/mol. The molecule has 0 unspecified atom stereocenters. The Morgan fingerprint density at radius 3 is 3.09 bits per heavy atom. The standard InChI is InChI=1S/C16H19FN4OS/c17-12-7-18-15(19-8-12)20-13-6-16(22-10-13)3-4-21(11-16)9-14-2-1-5-23-14/h1-2,5,7-8,13H,3-4,6,9-11H2,(H,18,19,20)/t13-,16-/m0/s1. The van der Waals surface area contributed by atoms with Gasteiger partial charge in [0.15, 0.2) is 5.82 Å². The van der Waals surface area contributed by atoms with E-state index in [9.17, 15) is 4.39 Å². The maximum absolute atomic E-state index is 12.9. The average Bonchev–Trinajstić information content (AvgIpc) is 3.26. The quantitative estimate of drug-likeness (QED) is 0.931. The molecule has 7 heteroatoms. The van der Waals surface area contributed by atoms with Gasteiger partial charge in [0.2, 0.25) is 5.95 Å². The normalized spacial score (nSPS) is 27.8. The predicted molar refractivity (Wildman–Crippen MR) is 86.9 cm³/mol. The predicted octanol–water partition coefficient (Wildman–Crippen LogP) is 2.52. The van der Waals surface area contributed by atoms with Crippen LogP contribution in [0.15, 0.2) is 29.9 Å². The van der Waals surface area contributed by atoms with Crippen molar-refractivity contribution in [2.75, 3.05) is 25.0 Å². The van der Waals surface area contributed by atoms with E-state index < -0.39 is 5.82 Å². The maximum atomic E-state index is 12.9. The third-order valence-corrected chi connectivity index (χ3v) is 5.38. The second-order valence-corrected chi connectivity index (χ2v) is 7.34. The van der Waals surface area contributed by atoms with E-state index in [1.54, 1.807) is 11.3 Å². The highest BCUT2D eigenvalue weighted by Gasteiger charge is 2.45. The number of anilines is 1. The molecule has 2 saturated heterocycles. The van der Waals surface area contributed by atoms with Gasteiger partial charge >= 0.3 is 0 Å². The van der Waals surface area contributed by atoms with Crippen molar-refractivity contribution in [1.29, 1.82) is 0 Å². The number of ether oxygens (including phenoxy) is 1. The molecule has 122 valence electrons. The van der Waals surface area contributed by atoms with Gasteiger partial charge in [-0.25, -0.2) is 14.4 Å². The SMILES string of the molecule is Fc1cnc(N[C@@H]2CO[C@@]3(CCN(Cc4cccs4)C3)C2)nc1. The van der Waals surface area contributed by atoms with E-state index in [0.29, 0.717) is 12.6 Å². The molecular weight excluding hydrogens is 315 g/mol. The molecule has 23 heavy (non-hydrogen) atoms. The van der Waals surface area contributed by atoms with Crippen molar-refractivity contribution in [1.82, 2.24) is 14.9 Å². The van der Waals surface area contributed by atoms with Gasteiger partial charge < -0.3 is 10.1 Å². The van der Waals surface area contributed by atoms with Crippen molar-refractivity contribution in [2.24, 2.45) is 0 Å². The molecule has 0 radical (unpaired) electrons. The number of rotatable bonds is 4. The summed E-state index contributed by atoms with van der Waals surface area (Å²) in [6.07, 6.45) is 4.36. The third-order valence-electron chi connectivity index (χ3n) is 4.52. The Kier molecular flexibility index (Phi) is 4.00. The first kappa shape index (κ1) is 15.0. The highest BCUT2D eigenvalue weighted by atomic mass is 32.1. The Labute approximate surface area is 138 Å². The molecule has 2 aliphatic heterocycles. The van der Waals surface area contributed by atoms with Crippen LogP contribution >= 0.6 is 11.3 Å². The third kappa shape index (κ3) is 3.36. The molecule has 1 spiro atoms. The zero-order valence-electron chi connectivity index (χ0n) is 12.7. The zero-order valence-corrected chi connectivity index (χ0v) is 13.6. The fraction of sp³-hybridized carbons (Fsp3) is 0.500. The number of thiophene rings is 1. The first-order chi connectivity index (χ1) is 11.2. The van der Waals surface area contributed by atoms with Crippen LogP contribution in [0, 0.1) is 5.82 Å². The Morgan fingerprint density at radius 2 is 2.30 bits per heavy atom. The molecule has 2 aromatic rings. The highest BCUT2D eigenvalue weighted by Crippen LogP contribution is 2.36. The number of likely N-dealkylation sites (tertiary alicyclic amines) is 1. The number of nitrogens with zero attached hydrogens (tertiary/aromatic N) is 3. The number of aromatic nitrogens is 2. The van der Waals surface area contributed by atoms with Gasteiger partial charge in [0.05, 0.1) is 30.6 Å². The Morgan fingerprint density at radius 1 is 1.43 bits per heavy atom. The molecule has 2 fully saturated rings. The largest absolute Gasteiger partial charge is 0.371 e. The van der Waals surface area contributed by atoms with Crippen molar-refractivity contribution < 1.29 is 9.13 Å². The van der Waals surface area contributed by atoms with Gasteiger partial charge in [-0.05, 0) is 17.9 Å². The van der Waals surface area contributed by atoms with Crippen LogP contribution in [0.3, 0.4) is 0 Å². The lowest BCUT2D eigenvalue weighted by molar-refractivity contribution is 0.0120. The molecule has 0 saturated carbocycles. The minimum absolute atomic E-state index is 0.0606. The summed E-state index contributed by atoms with van der Waals surface area (Å²) in [4.78, 5) is 11.8. The lowest BCUT2D eigenvalue weighted by atomic mass is 9.97. The van der Waals surface area contributed by atoms with Crippen LogP contribution in [0.1, 0.15) is 17.7 Å². The number of halogens is 1. The summed E-state index contributed by atoms with van der Waals surface area (Å²) in [6, 6.07) is 4.46. The highest BCUT2D eigenvalue weighted by molar-refractivity contribution is 7.09. The Bertz CT molecular complexity index is 651.